The molecule has 0 heterocycles. The molecule has 0 saturated carbocycles. The fourth-order valence-electron chi connectivity index (χ4n) is 2.10. The summed E-state index contributed by atoms with van der Waals surface area (Å²) in [5, 5.41) is 13.4. The van der Waals surface area contributed by atoms with Crippen molar-refractivity contribution in [3.05, 3.63) is 69.3 Å². The number of esters is 1. The number of nitrogens with one attached hydrogen (secondary N) is 1. The van der Waals surface area contributed by atoms with Gasteiger partial charge in [-0.3, -0.25) is 14.9 Å². The quantitative estimate of drug-likeness (QED) is 0.531. The van der Waals surface area contributed by atoms with E-state index in [9.17, 15) is 19.7 Å². The van der Waals surface area contributed by atoms with E-state index in [1.807, 2.05) is 0 Å². The van der Waals surface area contributed by atoms with Crippen LogP contribution in [-0.4, -0.2) is 23.9 Å². The summed E-state index contributed by atoms with van der Waals surface area (Å²) in [6.07, 6.45) is 0. The summed E-state index contributed by atoms with van der Waals surface area (Å²) in [7, 11) is 1.25. The van der Waals surface area contributed by atoms with E-state index in [-0.39, 0.29) is 22.5 Å². The van der Waals surface area contributed by atoms with Gasteiger partial charge in [-0.25, -0.2) is 4.79 Å². The van der Waals surface area contributed by atoms with Crippen molar-refractivity contribution in [3.63, 3.8) is 0 Å². The van der Waals surface area contributed by atoms with Crippen molar-refractivity contribution in [1.29, 1.82) is 0 Å². The van der Waals surface area contributed by atoms with Gasteiger partial charge in [0.15, 0.2) is 0 Å². The summed E-state index contributed by atoms with van der Waals surface area (Å²) in [4.78, 5) is 34.3. The van der Waals surface area contributed by atoms with E-state index < -0.39 is 16.8 Å². The molecular weight excluding hydrogens is 300 g/mol. The van der Waals surface area contributed by atoms with E-state index in [0.29, 0.717) is 5.56 Å². The zero-order chi connectivity index (χ0) is 17.0. The third-order valence-electron chi connectivity index (χ3n) is 3.23. The number of benzene rings is 2. The van der Waals surface area contributed by atoms with Crippen LogP contribution >= 0.6 is 0 Å². The predicted octanol–water partition coefficient (Wildman–Crippen LogP) is 2.94. The number of ether oxygens (including phenoxy) is 1. The van der Waals surface area contributed by atoms with E-state index >= 15 is 0 Å². The molecule has 0 aliphatic rings. The average molecular weight is 314 g/mol. The van der Waals surface area contributed by atoms with Gasteiger partial charge >= 0.3 is 5.97 Å². The predicted molar refractivity (Wildman–Crippen MR) is 83.6 cm³/mol. The zero-order valence-electron chi connectivity index (χ0n) is 12.5. The molecule has 7 nitrogen and oxygen atoms in total. The second kappa shape index (κ2) is 6.69. The lowest BCUT2D eigenvalue weighted by Gasteiger charge is -2.12. The van der Waals surface area contributed by atoms with Crippen molar-refractivity contribution < 1.29 is 19.2 Å². The maximum absolute atomic E-state index is 12.3. The van der Waals surface area contributed by atoms with Crippen molar-refractivity contribution >= 4 is 23.3 Å². The average Bonchev–Trinajstić information content (AvgIpc) is 2.54. The fourth-order valence-corrected chi connectivity index (χ4v) is 2.10. The first-order chi connectivity index (χ1) is 10.9. The molecule has 0 radical (unpaired) electrons. The zero-order valence-corrected chi connectivity index (χ0v) is 12.5. The minimum absolute atomic E-state index is 0.122. The highest BCUT2D eigenvalue weighted by Crippen LogP contribution is 2.22. The highest BCUT2D eigenvalue weighted by Gasteiger charge is 2.18. The van der Waals surface area contributed by atoms with Gasteiger partial charge in [-0.15, -0.1) is 0 Å². The second-order valence-electron chi connectivity index (χ2n) is 4.75. The monoisotopic (exact) mass is 314 g/mol. The molecule has 0 aliphatic carbocycles. The molecule has 2 rings (SSSR count). The van der Waals surface area contributed by atoms with Gasteiger partial charge in [0.05, 0.1) is 23.3 Å². The third-order valence-corrected chi connectivity index (χ3v) is 3.23. The lowest BCUT2D eigenvalue weighted by molar-refractivity contribution is -0.384. The molecule has 1 N–H and O–H groups in total. The molecule has 2 aromatic rings. The Morgan fingerprint density at radius 2 is 1.87 bits per heavy atom. The number of nitro groups is 1. The van der Waals surface area contributed by atoms with Crippen LogP contribution in [0.5, 0.6) is 0 Å². The molecular formula is C16H14N2O5. The first-order valence-corrected chi connectivity index (χ1v) is 6.67. The Bertz CT molecular complexity index is 786. The maximum Gasteiger partial charge on any atom is 0.340 e. The highest BCUT2D eigenvalue weighted by atomic mass is 16.6. The van der Waals surface area contributed by atoms with Crippen molar-refractivity contribution in [3.8, 4) is 0 Å². The van der Waals surface area contributed by atoms with Crippen molar-refractivity contribution in [1.82, 2.24) is 0 Å². The third kappa shape index (κ3) is 3.52. The number of non-ortho nitro benzene ring substituents is 1. The van der Waals surface area contributed by atoms with Crippen LogP contribution in [-0.2, 0) is 4.74 Å². The van der Waals surface area contributed by atoms with Crippen LogP contribution in [0.3, 0.4) is 0 Å². The van der Waals surface area contributed by atoms with Crippen LogP contribution in [0.15, 0.2) is 42.5 Å². The number of rotatable bonds is 4. The van der Waals surface area contributed by atoms with Gasteiger partial charge in [-0.2, -0.15) is 0 Å². The lowest BCUT2D eigenvalue weighted by Crippen LogP contribution is -2.16. The van der Waals surface area contributed by atoms with Crippen LogP contribution in [0.4, 0.5) is 11.4 Å². The molecule has 0 atom stereocenters. The summed E-state index contributed by atoms with van der Waals surface area (Å²) >= 11 is 0. The number of hydrogen-bond donors (Lipinski definition) is 1. The SMILES string of the molecule is COC(=O)c1c(C)cccc1NC(=O)c1cccc([N+](=O)[O-])c1. The van der Waals surface area contributed by atoms with Gasteiger partial charge in [0.25, 0.3) is 11.6 Å². The topological polar surface area (TPSA) is 98.5 Å². The highest BCUT2D eigenvalue weighted by molar-refractivity contribution is 6.08. The smallest absolute Gasteiger partial charge is 0.340 e. The van der Waals surface area contributed by atoms with Crippen LogP contribution in [0, 0.1) is 17.0 Å². The van der Waals surface area contributed by atoms with E-state index in [0.717, 1.165) is 0 Å². The van der Waals surface area contributed by atoms with E-state index in [1.54, 1.807) is 25.1 Å². The molecule has 0 aromatic heterocycles. The van der Waals surface area contributed by atoms with Crippen LogP contribution in [0.2, 0.25) is 0 Å². The molecule has 0 fully saturated rings. The summed E-state index contributed by atoms with van der Waals surface area (Å²) in [6, 6.07) is 10.3. The number of nitrogens with zero attached hydrogens (tertiary/aromatic N) is 1. The molecule has 0 bridgehead atoms. The molecule has 0 unspecified atom stereocenters. The Balaban J connectivity index is 2.34. The van der Waals surface area contributed by atoms with Crippen molar-refractivity contribution in [2.75, 3.05) is 12.4 Å². The van der Waals surface area contributed by atoms with Crippen LogP contribution in [0.1, 0.15) is 26.3 Å². The Kier molecular flexibility index (Phi) is 4.70. The number of carbonyl (C=O) groups excluding carboxylic acids is 2. The normalized spacial score (nSPS) is 10.0. The van der Waals surface area contributed by atoms with Crippen LogP contribution in [0.25, 0.3) is 0 Å². The Labute approximate surface area is 132 Å². The van der Waals surface area contributed by atoms with Gasteiger partial charge in [-0.1, -0.05) is 18.2 Å². The minimum Gasteiger partial charge on any atom is -0.465 e. The molecule has 0 saturated heterocycles. The summed E-state index contributed by atoms with van der Waals surface area (Å²) in [6.45, 7) is 1.72. The second-order valence-corrected chi connectivity index (χ2v) is 4.75. The van der Waals surface area contributed by atoms with Gasteiger partial charge < -0.3 is 10.1 Å². The minimum atomic E-state index is -0.580. The molecule has 118 valence electrons. The molecule has 1 amide bonds. The number of methoxy groups -OCH3 is 1. The number of carbonyl (C=O) groups is 2. The van der Waals surface area contributed by atoms with Gasteiger partial charge in [0.2, 0.25) is 0 Å². The number of nitro benzene ring substituents is 1. The number of aryl methyl sites for hydroxylation is 1. The summed E-state index contributed by atoms with van der Waals surface area (Å²) in [5.74, 6) is -1.12. The van der Waals surface area contributed by atoms with E-state index in [2.05, 4.69) is 5.32 Å². The standard InChI is InChI=1S/C16H14N2O5/c1-10-5-3-8-13(14(10)16(20)23-2)17-15(19)11-6-4-7-12(9-11)18(21)22/h3-9H,1-2H3,(H,17,19). The van der Waals surface area contributed by atoms with Gasteiger partial charge in [-0.05, 0) is 24.6 Å². The van der Waals surface area contributed by atoms with E-state index in [4.69, 9.17) is 4.74 Å². The Morgan fingerprint density at radius 1 is 1.17 bits per heavy atom. The molecule has 0 aliphatic heterocycles. The number of amides is 1. The van der Waals surface area contributed by atoms with Gasteiger partial charge in [0.1, 0.15) is 0 Å². The number of hydrogen-bond acceptors (Lipinski definition) is 5. The first-order valence-electron chi connectivity index (χ1n) is 6.67. The van der Waals surface area contributed by atoms with Crippen molar-refractivity contribution in [2.24, 2.45) is 0 Å². The van der Waals surface area contributed by atoms with E-state index in [1.165, 1.54) is 31.4 Å². The summed E-state index contributed by atoms with van der Waals surface area (Å²) < 4.78 is 4.72. The number of anilines is 1. The molecule has 0 spiro atoms. The lowest BCUT2D eigenvalue weighted by atomic mass is 10.1. The molecule has 2 aromatic carbocycles. The Morgan fingerprint density at radius 3 is 2.52 bits per heavy atom. The van der Waals surface area contributed by atoms with Crippen LogP contribution < -0.4 is 5.32 Å². The largest absolute Gasteiger partial charge is 0.465 e. The molecule has 23 heavy (non-hydrogen) atoms. The fraction of sp³-hybridized carbons (Fsp3) is 0.125. The molecule has 7 heteroatoms. The summed E-state index contributed by atoms with van der Waals surface area (Å²) in [5.41, 5.74) is 1.11. The van der Waals surface area contributed by atoms with Crippen molar-refractivity contribution in [2.45, 2.75) is 6.92 Å². The maximum atomic E-state index is 12.3. The van der Waals surface area contributed by atoms with Gasteiger partial charge in [0, 0.05) is 17.7 Å². The first kappa shape index (κ1) is 16.2. The Hall–Kier alpha value is -3.22.